The SMILES string of the molecule is O=C(c1cn(Cc2ccc(F)cc2)nn1)N1CCCC1c1nc2ccccc2s1. The van der Waals surface area contributed by atoms with Gasteiger partial charge in [0.1, 0.15) is 10.8 Å². The molecule has 1 unspecified atom stereocenters. The van der Waals surface area contributed by atoms with Crippen LogP contribution in [0.2, 0.25) is 0 Å². The zero-order chi connectivity index (χ0) is 19.8. The molecule has 4 aromatic rings. The molecule has 0 radical (unpaired) electrons. The molecule has 2 aromatic heterocycles. The minimum Gasteiger partial charge on any atom is -0.328 e. The number of halogens is 1. The second kappa shape index (κ2) is 7.36. The van der Waals surface area contributed by atoms with Gasteiger partial charge >= 0.3 is 0 Å². The van der Waals surface area contributed by atoms with Crippen molar-refractivity contribution in [3.8, 4) is 0 Å². The average molecular weight is 407 g/mol. The molecule has 146 valence electrons. The Hall–Kier alpha value is -3.13. The Morgan fingerprint density at radius 3 is 2.83 bits per heavy atom. The fourth-order valence-electron chi connectivity index (χ4n) is 3.70. The van der Waals surface area contributed by atoms with Crippen molar-refractivity contribution in [2.24, 2.45) is 0 Å². The Morgan fingerprint density at radius 2 is 2.00 bits per heavy atom. The number of carbonyl (C=O) groups is 1. The molecular weight excluding hydrogens is 389 g/mol. The number of benzene rings is 2. The highest BCUT2D eigenvalue weighted by Gasteiger charge is 2.34. The van der Waals surface area contributed by atoms with Crippen LogP contribution < -0.4 is 0 Å². The van der Waals surface area contributed by atoms with Crippen LogP contribution in [0.4, 0.5) is 4.39 Å². The van der Waals surface area contributed by atoms with E-state index in [2.05, 4.69) is 16.4 Å². The lowest BCUT2D eigenvalue weighted by molar-refractivity contribution is 0.0729. The third-order valence-corrected chi connectivity index (χ3v) is 6.26. The van der Waals surface area contributed by atoms with Crippen molar-refractivity contribution in [3.05, 3.63) is 76.8 Å². The van der Waals surface area contributed by atoms with Crippen LogP contribution in [0, 0.1) is 5.82 Å². The van der Waals surface area contributed by atoms with E-state index in [9.17, 15) is 9.18 Å². The Labute approximate surface area is 170 Å². The molecule has 1 amide bonds. The number of hydrogen-bond donors (Lipinski definition) is 0. The summed E-state index contributed by atoms with van der Waals surface area (Å²) < 4.78 is 15.8. The Balaban J connectivity index is 1.35. The van der Waals surface area contributed by atoms with Crippen molar-refractivity contribution in [1.82, 2.24) is 24.9 Å². The first-order chi connectivity index (χ1) is 14.2. The summed E-state index contributed by atoms with van der Waals surface area (Å²) in [7, 11) is 0. The van der Waals surface area contributed by atoms with Gasteiger partial charge in [-0.1, -0.05) is 29.5 Å². The smallest absolute Gasteiger partial charge is 0.276 e. The number of hydrogen-bond acceptors (Lipinski definition) is 5. The molecule has 6 nitrogen and oxygen atoms in total. The highest BCUT2D eigenvalue weighted by Crippen LogP contribution is 2.37. The van der Waals surface area contributed by atoms with Gasteiger partial charge in [0.05, 0.1) is 29.0 Å². The van der Waals surface area contributed by atoms with Gasteiger partial charge in [0.25, 0.3) is 5.91 Å². The van der Waals surface area contributed by atoms with E-state index >= 15 is 0 Å². The Morgan fingerprint density at radius 1 is 1.17 bits per heavy atom. The standard InChI is InChI=1S/C21H18FN5OS/c22-15-9-7-14(8-10-15)12-26-13-17(24-25-26)21(28)27-11-3-5-18(27)20-23-16-4-1-2-6-19(16)29-20/h1-2,4,6-10,13,18H,3,5,11-12H2. The summed E-state index contributed by atoms with van der Waals surface area (Å²) in [5.74, 6) is -0.407. The zero-order valence-electron chi connectivity index (χ0n) is 15.5. The number of likely N-dealkylation sites (tertiary alicyclic amines) is 1. The summed E-state index contributed by atoms with van der Waals surface area (Å²) in [6.07, 6.45) is 3.49. The van der Waals surface area contributed by atoms with E-state index in [1.807, 2.05) is 23.1 Å². The zero-order valence-corrected chi connectivity index (χ0v) is 16.3. The quantitative estimate of drug-likeness (QED) is 0.512. The Kier molecular flexibility index (Phi) is 4.55. The van der Waals surface area contributed by atoms with E-state index in [1.165, 1.54) is 12.1 Å². The summed E-state index contributed by atoms with van der Waals surface area (Å²) in [6.45, 7) is 1.12. The molecule has 0 saturated carbocycles. The maximum atomic E-state index is 13.1. The van der Waals surface area contributed by atoms with Gasteiger partial charge in [-0.2, -0.15) is 0 Å². The number of para-hydroxylation sites is 1. The third-order valence-electron chi connectivity index (χ3n) is 5.12. The number of fused-ring (bicyclic) bond motifs is 1. The maximum absolute atomic E-state index is 13.1. The van der Waals surface area contributed by atoms with E-state index in [4.69, 9.17) is 4.98 Å². The number of carbonyl (C=O) groups excluding carboxylic acids is 1. The molecule has 1 saturated heterocycles. The molecule has 1 aliphatic rings. The van der Waals surface area contributed by atoms with Crippen LogP contribution in [0.3, 0.4) is 0 Å². The lowest BCUT2D eigenvalue weighted by Crippen LogP contribution is -2.30. The van der Waals surface area contributed by atoms with Crippen LogP contribution in [-0.4, -0.2) is 37.3 Å². The fraction of sp³-hybridized carbons (Fsp3) is 0.238. The highest BCUT2D eigenvalue weighted by molar-refractivity contribution is 7.18. The monoisotopic (exact) mass is 407 g/mol. The van der Waals surface area contributed by atoms with Gasteiger partial charge in [-0.3, -0.25) is 4.79 Å². The van der Waals surface area contributed by atoms with Crippen molar-refractivity contribution in [2.75, 3.05) is 6.54 Å². The largest absolute Gasteiger partial charge is 0.328 e. The van der Waals surface area contributed by atoms with Gasteiger partial charge in [-0.05, 0) is 42.7 Å². The van der Waals surface area contributed by atoms with Crippen molar-refractivity contribution < 1.29 is 9.18 Å². The van der Waals surface area contributed by atoms with Gasteiger partial charge in [0.2, 0.25) is 0 Å². The van der Waals surface area contributed by atoms with Gasteiger partial charge in [0, 0.05) is 6.54 Å². The van der Waals surface area contributed by atoms with Crippen LogP contribution in [-0.2, 0) is 6.54 Å². The summed E-state index contributed by atoms with van der Waals surface area (Å²) in [5.41, 5.74) is 2.18. The fourth-order valence-corrected chi connectivity index (χ4v) is 4.81. The van der Waals surface area contributed by atoms with E-state index in [-0.39, 0.29) is 17.8 Å². The number of amides is 1. The van der Waals surface area contributed by atoms with Crippen LogP contribution in [0.5, 0.6) is 0 Å². The second-order valence-electron chi connectivity index (χ2n) is 7.10. The number of rotatable bonds is 4. The lowest BCUT2D eigenvalue weighted by Gasteiger charge is -2.21. The highest BCUT2D eigenvalue weighted by atomic mass is 32.1. The summed E-state index contributed by atoms with van der Waals surface area (Å²) in [4.78, 5) is 19.7. The second-order valence-corrected chi connectivity index (χ2v) is 8.17. The van der Waals surface area contributed by atoms with Crippen LogP contribution in [0.25, 0.3) is 10.2 Å². The minimum atomic E-state index is -0.280. The first-order valence-electron chi connectivity index (χ1n) is 9.48. The maximum Gasteiger partial charge on any atom is 0.276 e. The van der Waals surface area contributed by atoms with Crippen molar-refractivity contribution in [2.45, 2.75) is 25.4 Å². The molecule has 1 atom stereocenters. The lowest BCUT2D eigenvalue weighted by atomic mass is 10.2. The molecule has 0 aliphatic carbocycles. The number of aromatic nitrogens is 4. The summed E-state index contributed by atoms with van der Waals surface area (Å²) >= 11 is 1.64. The van der Waals surface area contributed by atoms with E-state index in [1.54, 1.807) is 34.3 Å². The van der Waals surface area contributed by atoms with Gasteiger partial charge in [0.15, 0.2) is 5.69 Å². The third kappa shape index (κ3) is 3.51. The first kappa shape index (κ1) is 17.9. The molecule has 3 heterocycles. The van der Waals surface area contributed by atoms with E-state index < -0.39 is 0 Å². The molecule has 0 N–H and O–H groups in total. The van der Waals surface area contributed by atoms with Gasteiger partial charge in [-0.15, -0.1) is 16.4 Å². The minimum absolute atomic E-state index is 0.0258. The number of nitrogens with zero attached hydrogens (tertiary/aromatic N) is 5. The molecule has 0 bridgehead atoms. The topological polar surface area (TPSA) is 63.9 Å². The molecule has 1 aliphatic heterocycles. The molecule has 5 rings (SSSR count). The van der Waals surface area contributed by atoms with Crippen LogP contribution in [0.15, 0.2) is 54.7 Å². The Bertz CT molecular complexity index is 1140. The van der Waals surface area contributed by atoms with Crippen molar-refractivity contribution in [3.63, 3.8) is 0 Å². The molecule has 2 aromatic carbocycles. The normalized spacial score (nSPS) is 16.6. The van der Waals surface area contributed by atoms with E-state index in [0.717, 1.165) is 33.6 Å². The molecule has 29 heavy (non-hydrogen) atoms. The van der Waals surface area contributed by atoms with Crippen LogP contribution >= 0.6 is 11.3 Å². The molecule has 8 heteroatoms. The molecule has 1 fully saturated rings. The summed E-state index contributed by atoms with van der Waals surface area (Å²) in [6, 6.07) is 14.2. The van der Waals surface area contributed by atoms with Crippen LogP contribution in [0.1, 0.15) is 39.9 Å². The predicted molar refractivity (Wildman–Crippen MR) is 108 cm³/mol. The van der Waals surface area contributed by atoms with Crippen molar-refractivity contribution in [1.29, 1.82) is 0 Å². The molecule has 0 spiro atoms. The van der Waals surface area contributed by atoms with Gasteiger partial charge < -0.3 is 4.90 Å². The first-order valence-corrected chi connectivity index (χ1v) is 10.3. The summed E-state index contributed by atoms with van der Waals surface area (Å²) in [5, 5.41) is 9.12. The van der Waals surface area contributed by atoms with Crippen molar-refractivity contribution >= 4 is 27.5 Å². The number of thiazole rings is 1. The van der Waals surface area contributed by atoms with E-state index in [0.29, 0.717) is 18.8 Å². The average Bonchev–Trinajstić information content (AvgIpc) is 3.48. The van der Waals surface area contributed by atoms with Gasteiger partial charge in [-0.25, -0.2) is 14.1 Å². The predicted octanol–water partition coefficient (Wildman–Crippen LogP) is 4.05. The molecular formula is C21H18FN5OS.